The van der Waals surface area contributed by atoms with Crippen LogP contribution in [0.4, 0.5) is 0 Å². The first-order valence-corrected chi connectivity index (χ1v) is 9.10. The van der Waals surface area contributed by atoms with Crippen molar-refractivity contribution in [2.24, 2.45) is 0 Å². The Morgan fingerprint density at radius 3 is 2.91 bits per heavy atom. The number of benzene rings is 1. The summed E-state index contributed by atoms with van der Waals surface area (Å²) in [5.74, 6) is -0.0734. The number of amides is 1. The molecule has 2 aromatic rings. The zero-order valence-corrected chi connectivity index (χ0v) is 14.4. The molecule has 0 radical (unpaired) electrons. The third kappa shape index (κ3) is 2.77. The van der Waals surface area contributed by atoms with Crippen molar-refractivity contribution >= 4 is 28.8 Å². The van der Waals surface area contributed by atoms with E-state index in [1.165, 1.54) is 17.8 Å². The minimum atomic E-state index is -0.0734. The Morgan fingerprint density at radius 1 is 1.39 bits per heavy atom. The van der Waals surface area contributed by atoms with E-state index in [1.54, 1.807) is 0 Å². The second-order valence-electron chi connectivity index (χ2n) is 6.28. The zero-order valence-electron chi connectivity index (χ0n) is 12.8. The van der Waals surface area contributed by atoms with Gasteiger partial charge in [-0.1, -0.05) is 29.8 Å². The van der Waals surface area contributed by atoms with Crippen molar-refractivity contribution in [1.29, 1.82) is 0 Å². The largest absolute Gasteiger partial charge is 0.346 e. The predicted molar refractivity (Wildman–Crippen MR) is 93.1 cm³/mol. The normalized spacial score (nSPS) is 25.7. The summed E-state index contributed by atoms with van der Waals surface area (Å²) in [5, 5.41) is 7.88. The van der Waals surface area contributed by atoms with Crippen LogP contribution in [0.5, 0.6) is 0 Å². The van der Waals surface area contributed by atoms with Crippen LogP contribution in [-0.2, 0) is 0 Å². The molecule has 2 aliphatic heterocycles. The Labute approximate surface area is 144 Å². The Balaban J connectivity index is 1.55. The Kier molecular flexibility index (Phi) is 3.87. The van der Waals surface area contributed by atoms with E-state index in [2.05, 4.69) is 15.6 Å². The number of hydrogen-bond donors (Lipinski definition) is 2. The van der Waals surface area contributed by atoms with Gasteiger partial charge in [0.15, 0.2) is 5.01 Å². The van der Waals surface area contributed by atoms with Crippen molar-refractivity contribution in [3.8, 4) is 10.4 Å². The van der Waals surface area contributed by atoms with Crippen LogP contribution in [0.15, 0.2) is 24.3 Å². The summed E-state index contributed by atoms with van der Waals surface area (Å²) in [5.41, 5.74) is 1.78. The van der Waals surface area contributed by atoms with Gasteiger partial charge in [-0.05, 0) is 32.3 Å². The van der Waals surface area contributed by atoms with Crippen molar-refractivity contribution in [2.75, 3.05) is 0 Å². The van der Waals surface area contributed by atoms with Crippen LogP contribution < -0.4 is 10.6 Å². The molecule has 4 nitrogen and oxygen atoms in total. The van der Waals surface area contributed by atoms with Crippen LogP contribution in [-0.4, -0.2) is 29.0 Å². The highest BCUT2D eigenvalue weighted by atomic mass is 35.5. The van der Waals surface area contributed by atoms with Gasteiger partial charge in [0.05, 0.1) is 10.6 Å². The molecule has 1 aromatic carbocycles. The SMILES string of the molecule is Cc1nc(C(=O)N[C@@H]2C[C@H]3CC[C@@H]2N3)sc1-c1ccccc1Cl. The number of carbonyl (C=O) groups excluding carboxylic acids is 1. The van der Waals surface area contributed by atoms with Crippen molar-refractivity contribution < 1.29 is 4.79 Å². The summed E-state index contributed by atoms with van der Waals surface area (Å²) < 4.78 is 0. The fourth-order valence-corrected chi connectivity index (χ4v) is 4.90. The summed E-state index contributed by atoms with van der Waals surface area (Å²) in [6, 6.07) is 8.89. The lowest BCUT2D eigenvalue weighted by Crippen LogP contribution is -2.42. The first-order valence-electron chi connectivity index (χ1n) is 7.91. The molecular formula is C17H18ClN3OS. The van der Waals surface area contributed by atoms with Gasteiger partial charge >= 0.3 is 0 Å². The van der Waals surface area contributed by atoms with Gasteiger partial charge in [-0.2, -0.15) is 0 Å². The fraction of sp³-hybridized carbons (Fsp3) is 0.412. The first kappa shape index (κ1) is 15.1. The van der Waals surface area contributed by atoms with E-state index in [4.69, 9.17) is 11.6 Å². The standard InChI is InChI=1S/C17H18ClN3OS/c1-9-15(11-4-2-3-5-12(11)18)23-17(19-9)16(22)21-14-8-10-6-7-13(14)20-10/h2-5,10,13-14,20H,6-8H2,1H3,(H,21,22)/t10-,13+,14-/m1/s1. The summed E-state index contributed by atoms with van der Waals surface area (Å²) in [4.78, 5) is 18.0. The molecule has 2 bridgehead atoms. The molecule has 120 valence electrons. The molecule has 3 atom stereocenters. The highest BCUT2D eigenvalue weighted by molar-refractivity contribution is 7.17. The molecule has 4 rings (SSSR count). The molecule has 2 N–H and O–H groups in total. The van der Waals surface area contributed by atoms with E-state index in [-0.39, 0.29) is 11.9 Å². The number of nitrogens with zero attached hydrogens (tertiary/aromatic N) is 1. The molecule has 3 heterocycles. The molecule has 2 saturated heterocycles. The lowest BCUT2D eigenvalue weighted by Gasteiger charge is -2.20. The van der Waals surface area contributed by atoms with Crippen LogP contribution in [0.25, 0.3) is 10.4 Å². The first-order chi connectivity index (χ1) is 11.1. The number of halogens is 1. The van der Waals surface area contributed by atoms with Crippen LogP contribution in [0.1, 0.15) is 34.8 Å². The lowest BCUT2D eigenvalue weighted by atomic mass is 9.95. The monoisotopic (exact) mass is 347 g/mol. The molecule has 23 heavy (non-hydrogen) atoms. The second-order valence-corrected chi connectivity index (χ2v) is 7.68. The maximum absolute atomic E-state index is 12.5. The minimum absolute atomic E-state index is 0.0734. The lowest BCUT2D eigenvalue weighted by molar-refractivity contribution is 0.0930. The van der Waals surface area contributed by atoms with Crippen LogP contribution in [0.2, 0.25) is 5.02 Å². The number of fused-ring (bicyclic) bond motifs is 2. The number of aromatic nitrogens is 1. The van der Waals surface area contributed by atoms with Gasteiger partial charge in [-0.25, -0.2) is 4.98 Å². The number of aryl methyl sites for hydroxylation is 1. The number of carbonyl (C=O) groups is 1. The summed E-state index contributed by atoms with van der Waals surface area (Å²) in [6.45, 7) is 1.92. The van der Waals surface area contributed by atoms with Crippen LogP contribution in [0, 0.1) is 6.92 Å². The Morgan fingerprint density at radius 2 is 2.22 bits per heavy atom. The third-order valence-corrected chi connectivity index (χ3v) is 6.24. The molecule has 2 aliphatic rings. The van der Waals surface area contributed by atoms with Crippen LogP contribution >= 0.6 is 22.9 Å². The van der Waals surface area contributed by atoms with E-state index in [9.17, 15) is 4.79 Å². The zero-order chi connectivity index (χ0) is 16.0. The van der Waals surface area contributed by atoms with E-state index in [0.717, 1.165) is 29.0 Å². The summed E-state index contributed by atoms with van der Waals surface area (Å²) in [7, 11) is 0. The third-order valence-electron chi connectivity index (χ3n) is 4.73. The molecular weight excluding hydrogens is 330 g/mol. The smallest absolute Gasteiger partial charge is 0.280 e. The number of nitrogens with one attached hydrogen (secondary N) is 2. The topological polar surface area (TPSA) is 54.0 Å². The van der Waals surface area contributed by atoms with Gasteiger partial charge in [-0.15, -0.1) is 11.3 Å². The summed E-state index contributed by atoms with van der Waals surface area (Å²) >= 11 is 7.68. The number of thiazole rings is 1. The molecule has 0 aliphatic carbocycles. The predicted octanol–water partition coefficient (Wildman–Crippen LogP) is 3.39. The van der Waals surface area contributed by atoms with Crippen LogP contribution in [0.3, 0.4) is 0 Å². The molecule has 1 amide bonds. The quantitative estimate of drug-likeness (QED) is 0.894. The minimum Gasteiger partial charge on any atom is -0.346 e. The highest BCUT2D eigenvalue weighted by Gasteiger charge is 2.40. The fourth-order valence-electron chi connectivity index (χ4n) is 3.60. The van der Waals surface area contributed by atoms with Gasteiger partial charge in [0, 0.05) is 28.7 Å². The van der Waals surface area contributed by atoms with E-state index in [0.29, 0.717) is 22.1 Å². The average Bonchev–Trinajstić information content (AvgIpc) is 3.23. The van der Waals surface area contributed by atoms with Crippen molar-refractivity contribution in [3.63, 3.8) is 0 Å². The second kappa shape index (κ2) is 5.89. The molecule has 1 aromatic heterocycles. The molecule has 2 fully saturated rings. The summed E-state index contributed by atoms with van der Waals surface area (Å²) in [6.07, 6.45) is 3.40. The van der Waals surface area contributed by atoms with Gasteiger partial charge < -0.3 is 10.6 Å². The molecule has 0 saturated carbocycles. The van der Waals surface area contributed by atoms with Gasteiger partial charge in [0.25, 0.3) is 5.91 Å². The number of hydrogen-bond acceptors (Lipinski definition) is 4. The van der Waals surface area contributed by atoms with Gasteiger partial charge in [0.1, 0.15) is 0 Å². The molecule has 0 unspecified atom stereocenters. The van der Waals surface area contributed by atoms with E-state index < -0.39 is 0 Å². The maximum atomic E-state index is 12.5. The van der Waals surface area contributed by atoms with Crippen molar-refractivity contribution in [2.45, 2.75) is 44.3 Å². The van der Waals surface area contributed by atoms with Crippen molar-refractivity contribution in [1.82, 2.24) is 15.6 Å². The Hall–Kier alpha value is -1.43. The van der Waals surface area contributed by atoms with E-state index in [1.807, 2.05) is 31.2 Å². The highest BCUT2D eigenvalue weighted by Crippen LogP contribution is 2.35. The molecule has 0 spiro atoms. The Bertz CT molecular complexity index is 760. The maximum Gasteiger partial charge on any atom is 0.280 e. The average molecular weight is 348 g/mol. The van der Waals surface area contributed by atoms with Gasteiger partial charge in [0.2, 0.25) is 0 Å². The number of rotatable bonds is 3. The molecule has 6 heteroatoms. The van der Waals surface area contributed by atoms with Gasteiger partial charge in [-0.3, -0.25) is 4.79 Å². The van der Waals surface area contributed by atoms with Crippen molar-refractivity contribution in [3.05, 3.63) is 40.0 Å². The van der Waals surface area contributed by atoms with E-state index >= 15 is 0 Å².